The van der Waals surface area contributed by atoms with Crippen LogP contribution < -0.4 is 5.32 Å². The highest BCUT2D eigenvalue weighted by Crippen LogP contribution is 2.61. The van der Waals surface area contributed by atoms with Gasteiger partial charge in [0.1, 0.15) is 11.3 Å². The summed E-state index contributed by atoms with van der Waals surface area (Å²) in [6, 6.07) is 2.08. The maximum Gasteiger partial charge on any atom is 0.226 e. The smallest absolute Gasteiger partial charge is 0.226 e. The lowest BCUT2D eigenvalue weighted by molar-refractivity contribution is -0.124. The Bertz CT molecular complexity index is 827. The first-order chi connectivity index (χ1) is 12.0. The molecule has 0 unspecified atom stereocenters. The molecule has 4 aliphatic carbocycles. The van der Waals surface area contributed by atoms with E-state index in [9.17, 15) is 13.6 Å². The van der Waals surface area contributed by atoms with Crippen molar-refractivity contribution in [3.05, 3.63) is 23.8 Å². The fourth-order valence-corrected chi connectivity index (χ4v) is 6.94. The quantitative estimate of drug-likeness (QED) is 0.823. The molecule has 1 amide bonds. The van der Waals surface area contributed by atoms with E-state index in [4.69, 9.17) is 0 Å². The van der Waals surface area contributed by atoms with Crippen LogP contribution in [0.15, 0.2) is 12.1 Å². The first-order valence-electron chi connectivity index (χ1n) is 9.03. The maximum absolute atomic E-state index is 13.8. The average molecular weight is 362 g/mol. The molecule has 132 valence electrons. The Morgan fingerprint density at radius 3 is 2.44 bits per heavy atom. The lowest BCUT2D eigenvalue weighted by Gasteiger charge is -2.56. The van der Waals surface area contributed by atoms with Gasteiger partial charge in [0.2, 0.25) is 5.91 Å². The number of aromatic nitrogens is 1. The molecule has 6 rings (SSSR count). The van der Waals surface area contributed by atoms with Crippen molar-refractivity contribution in [3.63, 3.8) is 0 Å². The zero-order valence-corrected chi connectivity index (χ0v) is 14.7. The molecule has 0 saturated heterocycles. The molecule has 4 fully saturated rings. The van der Waals surface area contributed by atoms with Gasteiger partial charge < -0.3 is 5.32 Å². The summed E-state index contributed by atoms with van der Waals surface area (Å²) >= 11 is 1.12. The van der Waals surface area contributed by atoms with Crippen molar-refractivity contribution in [1.29, 1.82) is 0 Å². The van der Waals surface area contributed by atoms with Crippen LogP contribution in [0, 0.1) is 34.8 Å². The predicted molar refractivity (Wildman–Crippen MR) is 93.4 cm³/mol. The number of rotatable bonds is 3. The number of fused-ring (bicyclic) bond motifs is 1. The number of carbonyl (C=O) groups is 1. The summed E-state index contributed by atoms with van der Waals surface area (Å²) < 4.78 is 27.5. The van der Waals surface area contributed by atoms with Gasteiger partial charge in [0, 0.05) is 12.5 Å². The number of carbonyl (C=O) groups excluding carboxylic acids is 1. The summed E-state index contributed by atoms with van der Waals surface area (Å²) in [4.78, 5) is 16.7. The standard InChI is InChI=1S/C19H20F2N2OS/c20-13-4-14(21)17-15(5-13)25-18(23-17)22-16(24)9-19-6-10-1-11(7-19)3-12(2-10)8-19/h4-5,10-12H,1-3,6-9H2,(H,22,23,24). The van der Waals surface area contributed by atoms with Gasteiger partial charge >= 0.3 is 0 Å². The average Bonchev–Trinajstić information content (AvgIpc) is 2.87. The molecule has 3 nitrogen and oxygen atoms in total. The Balaban J connectivity index is 1.33. The molecule has 1 aromatic heterocycles. The van der Waals surface area contributed by atoms with E-state index in [1.807, 2.05) is 0 Å². The molecule has 2 aromatic rings. The third kappa shape index (κ3) is 2.75. The van der Waals surface area contributed by atoms with Gasteiger partial charge in [-0.05, 0) is 67.8 Å². The van der Waals surface area contributed by atoms with E-state index >= 15 is 0 Å². The summed E-state index contributed by atoms with van der Waals surface area (Å²) in [7, 11) is 0. The van der Waals surface area contributed by atoms with Crippen LogP contribution in [0.4, 0.5) is 13.9 Å². The molecular formula is C19H20F2N2OS. The lowest BCUT2D eigenvalue weighted by atomic mass is 9.49. The Hall–Kier alpha value is -1.56. The van der Waals surface area contributed by atoms with Crippen molar-refractivity contribution in [2.75, 3.05) is 5.32 Å². The molecule has 0 spiro atoms. The van der Waals surface area contributed by atoms with Gasteiger partial charge in [-0.1, -0.05) is 11.3 Å². The van der Waals surface area contributed by atoms with Crippen LogP contribution in [0.2, 0.25) is 0 Å². The number of anilines is 1. The monoisotopic (exact) mass is 362 g/mol. The van der Waals surface area contributed by atoms with Crippen LogP contribution in [-0.4, -0.2) is 10.9 Å². The first kappa shape index (κ1) is 15.7. The zero-order chi connectivity index (χ0) is 17.2. The summed E-state index contributed by atoms with van der Waals surface area (Å²) in [5.74, 6) is 1.06. The Morgan fingerprint density at radius 1 is 1.16 bits per heavy atom. The second-order valence-corrected chi connectivity index (χ2v) is 9.43. The van der Waals surface area contributed by atoms with Crippen LogP contribution in [-0.2, 0) is 4.79 Å². The number of benzene rings is 1. The first-order valence-corrected chi connectivity index (χ1v) is 9.85. The highest BCUT2D eigenvalue weighted by Gasteiger charge is 2.51. The summed E-state index contributed by atoms with van der Waals surface area (Å²) in [6.45, 7) is 0. The van der Waals surface area contributed by atoms with Gasteiger partial charge in [0.05, 0.1) is 4.70 Å². The van der Waals surface area contributed by atoms with E-state index < -0.39 is 11.6 Å². The number of hydrogen-bond acceptors (Lipinski definition) is 3. The number of amides is 1. The van der Waals surface area contributed by atoms with Crippen LogP contribution in [0.1, 0.15) is 44.9 Å². The van der Waals surface area contributed by atoms with E-state index in [1.165, 1.54) is 44.6 Å². The van der Waals surface area contributed by atoms with E-state index in [0.717, 1.165) is 35.2 Å². The normalized spacial score (nSPS) is 33.1. The van der Waals surface area contributed by atoms with Gasteiger partial charge in [-0.3, -0.25) is 4.79 Å². The summed E-state index contributed by atoms with van der Waals surface area (Å²) in [6.07, 6.45) is 8.10. The van der Waals surface area contributed by atoms with Gasteiger partial charge in [0.15, 0.2) is 10.9 Å². The number of halogens is 2. The highest BCUT2D eigenvalue weighted by atomic mass is 32.1. The number of thiazole rings is 1. The van der Waals surface area contributed by atoms with E-state index in [-0.39, 0.29) is 16.8 Å². The van der Waals surface area contributed by atoms with Gasteiger partial charge in [-0.15, -0.1) is 0 Å². The Kier molecular flexibility index (Phi) is 3.43. The number of hydrogen-bond donors (Lipinski definition) is 1. The minimum absolute atomic E-state index is 0.0399. The second kappa shape index (κ2) is 5.47. The molecule has 4 aliphatic rings. The Labute approximate surface area is 148 Å². The molecule has 0 atom stereocenters. The largest absolute Gasteiger partial charge is 0.302 e. The molecule has 1 N–H and O–H groups in total. The van der Waals surface area contributed by atoms with Crippen molar-refractivity contribution in [2.45, 2.75) is 44.9 Å². The van der Waals surface area contributed by atoms with Crippen molar-refractivity contribution >= 4 is 32.6 Å². The highest BCUT2D eigenvalue weighted by molar-refractivity contribution is 7.22. The molecule has 1 heterocycles. The predicted octanol–water partition coefficient (Wildman–Crippen LogP) is 5.12. The van der Waals surface area contributed by atoms with Crippen LogP contribution in [0.25, 0.3) is 10.2 Å². The van der Waals surface area contributed by atoms with Gasteiger partial charge in [-0.25, -0.2) is 13.8 Å². The second-order valence-electron chi connectivity index (χ2n) is 8.40. The molecule has 0 radical (unpaired) electrons. The van der Waals surface area contributed by atoms with Crippen LogP contribution in [0.3, 0.4) is 0 Å². The third-order valence-corrected chi connectivity index (χ3v) is 7.28. The molecule has 1 aromatic carbocycles. The topological polar surface area (TPSA) is 42.0 Å². The van der Waals surface area contributed by atoms with Gasteiger partial charge in [-0.2, -0.15) is 0 Å². The van der Waals surface area contributed by atoms with Crippen molar-refractivity contribution in [1.82, 2.24) is 4.98 Å². The van der Waals surface area contributed by atoms with Crippen molar-refractivity contribution in [2.24, 2.45) is 23.2 Å². The molecule has 4 saturated carbocycles. The van der Waals surface area contributed by atoms with E-state index in [2.05, 4.69) is 10.3 Å². The van der Waals surface area contributed by atoms with E-state index in [0.29, 0.717) is 16.3 Å². The molecular weight excluding hydrogens is 342 g/mol. The third-order valence-electron chi connectivity index (χ3n) is 6.36. The minimum atomic E-state index is -0.687. The van der Waals surface area contributed by atoms with Crippen molar-refractivity contribution in [3.8, 4) is 0 Å². The number of nitrogens with one attached hydrogen (secondary N) is 1. The SMILES string of the molecule is O=C(CC12CC3CC(CC(C3)C1)C2)Nc1nc2c(F)cc(F)cc2s1. The number of nitrogens with zero attached hydrogens (tertiary/aromatic N) is 1. The fourth-order valence-electron chi connectivity index (χ4n) is 6.02. The summed E-state index contributed by atoms with van der Waals surface area (Å²) in [5.41, 5.74) is 0.281. The molecule has 0 aliphatic heterocycles. The van der Waals surface area contributed by atoms with Gasteiger partial charge in [0.25, 0.3) is 0 Å². The molecule has 6 heteroatoms. The Morgan fingerprint density at radius 2 is 1.80 bits per heavy atom. The van der Waals surface area contributed by atoms with E-state index in [1.54, 1.807) is 0 Å². The minimum Gasteiger partial charge on any atom is -0.302 e. The maximum atomic E-state index is 13.8. The van der Waals surface area contributed by atoms with Crippen molar-refractivity contribution < 1.29 is 13.6 Å². The summed E-state index contributed by atoms with van der Waals surface area (Å²) in [5, 5.41) is 3.19. The lowest BCUT2D eigenvalue weighted by Crippen LogP contribution is -2.47. The zero-order valence-electron chi connectivity index (χ0n) is 13.9. The van der Waals surface area contributed by atoms with Crippen LogP contribution >= 0.6 is 11.3 Å². The molecule has 25 heavy (non-hydrogen) atoms. The van der Waals surface area contributed by atoms with Crippen LogP contribution in [0.5, 0.6) is 0 Å². The molecule has 4 bridgehead atoms. The fraction of sp³-hybridized carbons (Fsp3) is 0.579.